The van der Waals surface area contributed by atoms with Gasteiger partial charge in [-0.25, -0.2) is 4.98 Å². The number of benzene rings is 2. The normalized spacial score (nSPS) is 11.8. The molecule has 7 heteroatoms. The second-order valence-corrected chi connectivity index (χ2v) is 6.46. The first-order valence-corrected chi connectivity index (χ1v) is 9.06. The lowest BCUT2D eigenvalue weighted by molar-refractivity contribution is -0.926. The minimum atomic E-state index is -0.214. The number of fused-ring (bicyclic) bond motifs is 1. The molecule has 1 heterocycles. The van der Waals surface area contributed by atoms with E-state index < -0.39 is 0 Å². The molecule has 0 aliphatic carbocycles. The molecule has 1 unspecified atom stereocenters. The van der Waals surface area contributed by atoms with E-state index in [-0.39, 0.29) is 5.56 Å². The lowest BCUT2D eigenvalue weighted by Crippen LogP contribution is -3.09. The molecule has 0 fully saturated rings. The molecule has 1 atom stereocenters. The summed E-state index contributed by atoms with van der Waals surface area (Å²) in [4.78, 5) is 21.2. The molecule has 144 valence electrons. The SMILES string of the molecule is CC[NH+](Cc1nc2cc(OC)c(OC)cc2c(=O)[nH]1)Cc1ccccc1C#N. The molecule has 3 rings (SSSR count). The Hall–Kier alpha value is -3.37. The molecule has 28 heavy (non-hydrogen) atoms. The van der Waals surface area contributed by atoms with E-state index in [1.54, 1.807) is 19.2 Å². The maximum absolute atomic E-state index is 12.6. The van der Waals surface area contributed by atoms with Crippen LogP contribution in [0.4, 0.5) is 0 Å². The van der Waals surface area contributed by atoms with Crippen molar-refractivity contribution in [2.45, 2.75) is 20.0 Å². The van der Waals surface area contributed by atoms with E-state index in [4.69, 9.17) is 9.47 Å². The van der Waals surface area contributed by atoms with Crippen LogP contribution in [0.5, 0.6) is 11.5 Å². The van der Waals surface area contributed by atoms with Gasteiger partial charge in [-0.2, -0.15) is 5.26 Å². The van der Waals surface area contributed by atoms with Gasteiger partial charge in [0.2, 0.25) is 0 Å². The lowest BCUT2D eigenvalue weighted by atomic mass is 10.1. The fourth-order valence-corrected chi connectivity index (χ4v) is 3.20. The number of nitrogens with zero attached hydrogens (tertiary/aromatic N) is 2. The summed E-state index contributed by atoms with van der Waals surface area (Å²) < 4.78 is 10.6. The van der Waals surface area contributed by atoms with Crippen molar-refractivity contribution in [2.75, 3.05) is 20.8 Å². The Morgan fingerprint density at radius 1 is 1.14 bits per heavy atom. The minimum Gasteiger partial charge on any atom is -0.493 e. The van der Waals surface area contributed by atoms with Crippen LogP contribution in [0, 0.1) is 11.3 Å². The third-order valence-corrected chi connectivity index (χ3v) is 4.76. The average Bonchev–Trinajstić information content (AvgIpc) is 2.72. The van der Waals surface area contributed by atoms with E-state index in [0.29, 0.717) is 46.9 Å². The molecular formula is C21H23N4O3+. The van der Waals surface area contributed by atoms with Gasteiger partial charge in [0.15, 0.2) is 17.3 Å². The van der Waals surface area contributed by atoms with E-state index in [0.717, 1.165) is 12.1 Å². The summed E-state index contributed by atoms with van der Waals surface area (Å²) in [6.45, 7) is 4.11. The van der Waals surface area contributed by atoms with Crippen molar-refractivity contribution < 1.29 is 14.4 Å². The molecule has 0 bridgehead atoms. The standard InChI is InChI=1S/C21H22N4O3/c1-4-25(12-15-8-6-5-7-14(15)11-22)13-20-23-17-10-19(28-3)18(27-2)9-16(17)21(26)24-20/h5-10H,4,12-13H2,1-3H3,(H,23,24,26)/p+1. The number of quaternary nitrogens is 1. The largest absolute Gasteiger partial charge is 0.493 e. The number of H-pyrrole nitrogens is 1. The summed E-state index contributed by atoms with van der Waals surface area (Å²) in [6.07, 6.45) is 0. The van der Waals surface area contributed by atoms with E-state index in [1.165, 1.54) is 12.0 Å². The van der Waals surface area contributed by atoms with E-state index in [1.807, 2.05) is 24.3 Å². The molecule has 3 aromatic rings. The number of nitriles is 1. The summed E-state index contributed by atoms with van der Waals surface area (Å²) in [5, 5.41) is 9.75. The predicted molar refractivity (Wildman–Crippen MR) is 106 cm³/mol. The number of nitrogens with one attached hydrogen (secondary N) is 2. The number of methoxy groups -OCH3 is 2. The first-order chi connectivity index (χ1) is 13.6. The zero-order valence-electron chi connectivity index (χ0n) is 16.2. The number of aromatic amines is 1. The first-order valence-electron chi connectivity index (χ1n) is 9.06. The van der Waals surface area contributed by atoms with E-state index >= 15 is 0 Å². The van der Waals surface area contributed by atoms with Gasteiger partial charge in [0.1, 0.15) is 13.1 Å². The second-order valence-electron chi connectivity index (χ2n) is 6.46. The minimum absolute atomic E-state index is 0.214. The quantitative estimate of drug-likeness (QED) is 0.648. The van der Waals surface area contributed by atoms with Crippen LogP contribution >= 0.6 is 0 Å². The summed E-state index contributed by atoms with van der Waals surface area (Å²) in [6, 6.07) is 13.1. The maximum Gasteiger partial charge on any atom is 0.259 e. The Morgan fingerprint density at radius 3 is 2.54 bits per heavy atom. The lowest BCUT2D eigenvalue weighted by Gasteiger charge is -2.18. The zero-order chi connectivity index (χ0) is 20.1. The molecular weight excluding hydrogens is 356 g/mol. The molecule has 0 aliphatic heterocycles. The van der Waals surface area contributed by atoms with Gasteiger partial charge >= 0.3 is 0 Å². The number of rotatable bonds is 7. The molecule has 2 N–H and O–H groups in total. The van der Waals surface area contributed by atoms with Crippen molar-refractivity contribution >= 4 is 10.9 Å². The van der Waals surface area contributed by atoms with Crippen molar-refractivity contribution in [3.63, 3.8) is 0 Å². The topological polar surface area (TPSA) is 92.4 Å². The van der Waals surface area contributed by atoms with E-state index in [9.17, 15) is 10.1 Å². The molecule has 0 saturated carbocycles. The van der Waals surface area contributed by atoms with Gasteiger partial charge in [-0.3, -0.25) is 4.79 Å². The summed E-state index contributed by atoms with van der Waals surface area (Å²) in [5.41, 5.74) is 2.00. The third kappa shape index (κ3) is 3.97. The van der Waals surface area contributed by atoms with Crippen LogP contribution in [0.25, 0.3) is 10.9 Å². The Morgan fingerprint density at radius 2 is 1.86 bits per heavy atom. The van der Waals surface area contributed by atoms with Crippen LogP contribution in [0.2, 0.25) is 0 Å². The molecule has 0 spiro atoms. The second kappa shape index (κ2) is 8.55. The number of ether oxygens (including phenoxy) is 2. The van der Waals surface area contributed by atoms with E-state index in [2.05, 4.69) is 23.0 Å². The predicted octanol–water partition coefficient (Wildman–Crippen LogP) is 1.42. The average molecular weight is 379 g/mol. The number of hydrogen-bond donors (Lipinski definition) is 2. The Bertz CT molecular complexity index is 1090. The monoisotopic (exact) mass is 379 g/mol. The van der Waals surface area contributed by atoms with Gasteiger partial charge in [-0.15, -0.1) is 0 Å². The third-order valence-electron chi connectivity index (χ3n) is 4.76. The first kappa shape index (κ1) is 19.4. The molecule has 2 aromatic carbocycles. The number of hydrogen-bond acceptors (Lipinski definition) is 5. The Labute approximate surface area is 163 Å². The summed E-state index contributed by atoms with van der Waals surface area (Å²) in [7, 11) is 3.08. The molecule has 0 saturated heterocycles. The summed E-state index contributed by atoms with van der Waals surface area (Å²) >= 11 is 0. The van der Waals surface area contributed by atoms with Crippen LogP contribution in [-0.2, 0) is 13.1 Å². The summed E-state index contributed by atoms with van der Waals surface area (Å²) in [5.74, 6) is 1.61. The smallest absolute Gasteiger partial charge is 0.259 e. The van der Waals surface area contributed by atoms with Gasteiger partial charge in [0.25, 0.3) is 5.56 Å². The van der Waals surface area contributed by atoms with Gasteiger partial charge in [0.05, 0.1) is 43.3 Å². The van der Waals surface area contributed by atoms with Crippen molar-refractivity contribution in [3.05, 3.63) is 63.7 Å². The molecule has 0 amide bonds. The zero-order valence-corrected chi connectivity index (χ0v) is 16.2. The van der Waals surface area contributed by atoms with Crippen LogP contribution in [0.3, 0.4) is 0 Å². The van der Waals surface area contributed by atoms with Gasteiger partial charge in [-0.05, 0) is 19.1 Å². The van der Waals surface area contributed by atoms with Crippen LogP contribution in [0.1, 0.15) is 23.9 Å². The maximum atomic E-state index is 12.6. The fourth-order valence-electron chi connectivity index (χ4n) is 3.20. The molecule has 1 aromatic heterocycles. The fraction of sp³-hybridized carbons (Fsp3) is 0.286. The highest BCUT2D eigenvalue weighted by Gasteiger charge is 2.15. The van der Waals surface area contributed by atoms with Crippen LogP contribution < -0.4 is 19.9 Å². The molecule has 0 radical (unpaired) electrons. The molecule has 7 nitrogen and oxygen atoms in total. The Balaban J connectivity index is 1.92. The number of aromatic nitrogens is 2. The highest BCUT2D eigenvalue weighted by atomic mass is 16.5. The highest BCUT2D eigenvalue weighted by molar-refractivity contribution is 5.81. The van der Waals surface area contributed by atoms with Crippen LogP contribution in [-0.4, -0.2) is 30.7 Å². The van der Waals surface area contributed by atoms with Crippen LogP contribution in [0.15, 0.2) is 41.2 Å². The van der Waals surface area contributed by atoms with Crippen molar-refractivity contribution in [2.24, 2.45) is 0 Å². The Kier molecular flexibility index (Phi) is 5.92. The van der Waals surface area contributed by atoms with Crippen molar-refractivity contribution in [1.29, 1.82) is 5.26 Å². The highest BCUT2D eigenvalue weighted by Crippen LogP contribution is 2.29. The molecule has 0 aliphatic rings. The van der Waals surface area contributed by atoms with Crippen molar-refractivity contribution in [1.82, 2.24) is 9.97 Å². The van der Waals surface area contributed by atoms with Crippen molar-refractivity contribution in [3.8, 4) is 17.6 Å². The van der Waals surface area contributed by atoms with Gasteiger partial charge in [-0.1, -0.05) is 18.2 Å². The van der Waals surface area contributed by atoms with Gasteiger partial charge in [0, 0.05) is 11.6 Å². The van der Waals surface area contributed by atoms with Gasteiger partial charge < -0.3 is 19.4 Å².